The van der Waals surface area contributed by atoms with Gasteiger partial charge in [-0.05, 0) is 31.0 Å². The van der Waals surface area contributed by atoms with Crippen molar-refractivity contribution in [3.8, 4) is 0 Å². The summed E-state index contributed by atoms with van der Waals surface area (Å²) < 4.78 is 4.61. The molecule has 6 heteroatoms. The number of anilines is 1. The van der Waals surface area contributed by atoms with Crippen LogP contribution in [0.4, 0.5) is 5.82 Å². The van der Waals surface area contributed by atoms with E-state index in [2.05, 4.69) is 31.8 Å². The fourth-order valence-corrected chi connectivity index (χ4v) is 3.12. The number of carbonyl (C=O) groups excluding carboxylic acids is 1. The highest BCUT2D eigenvalue weighted by Gasteiger charge is 2.39. The SMILES string of the molecule is COC(=O)c1ccc(N2C[C@H]3CN(C)C[C@@H]3C2)nn1. The molecule has 0 bridgehead atoms. The van der Waals surface area contributed by atoms with Crippen LogP contribution in [0.3, 0.4) is 0 Å². The highest BCUT2D eigenvalue weighted by molar-refractivity contribution is 5.86. The first-order valence-corrected chi connectivity index (χ1v) is 6.53. The number of ether oxygens (including phenoxy) is 1. The van der Waals surface area contributed by atoms with E-state index in [4.69, 9.17) is 0 Å². The summed E-state index contributed by atoms with van der Waals surface area (Å²) >= 11 is 0. The molecule has 3 heterocycles. The molecular formula is C13H18N4O2. The Balaban J connectivity index is 1.69. The smallest absolute Gasteiger partial charge is 0.358 e. The molecule has 0 aromatic carbocycles. The Hall–Kier alpha value is -1.69. The van der Waals surface area contributed by atoms with E-state index in [-0.39, 0.29) is 5.69 Å². The van der Waals surface area contributed by atoms with E-state index in [1.54, 1.807) is 6.07 Å². The van der Waals surface area contributed by atoms with E-state index in [9.17, 15) is 4.79 Å². The van der Waals surface area contributed by atoms with Crippen LogP contribution >= 0.6 is 0 Å². The molecule has 6 nitrogen and oxygen atoms in total. The number of nitrogens with zero attached hydrogens (tertiary/aromatic N) is 4. The van der Waals surface area contributed by atoms with Crippen molar-refractivity contribution >= 4 is 11.8 Å². The van der Waals surface area contributed by atoms with Crippen LogP contribution in [0.5, 0.6) is 0 Å². The first-order valence-electron chi connectivity index (χ1n) is 6.53. The minimum Gasteiger partial charge on any atom is -0.464 e. The van der Waals surface area contributed by atoms with Crippen LogP contribution < -0.4 is 4.90 Å². The Bertz CT molecular complexity index is 462. The summed E-state index contributed by atoms with van der Waals surface area (Å²) in [6, 6.07) is 3.53. The lowest BCUT2D eigenvalue weighted by Gasteiger charge is -2.19. The number of esters is 1. The van der Waals surface area contributed by atoms with Gasteiger partial charge in [0.2, 0.25) is 0 Å². The molecule has 0 amide bonds. The normalized spacial score (nSPS) is 26.5. The Morgan fingerprint density at radius 3 is 2.42 bits per heavy atom. The highest BCUT2D eigenvalue weighted by Crippen LogP contribution is 2.32. The lowest BCUT2D eigenvalue weighted by molar-refractivity contribution is 0.0592. The summed E-state index contributed by atoms with van der Waals surface area (Å²) in [6.07, 6.45) is 0. The monoisotopic (exact) mass is 262 g/mol. The topological polar surface area (TPSA) is 58.6 Å². The van der Waals surface area contributed by atoms with E-state index in [0.29, 0.717) is 0 Å². The van der Waals surface area contributed by atoms with Gasteiger partial charge >= 0.3 is 5.97 Å². The van der Waals surface area contributed by atoms with Gasteiger partial charge in [0.1, 0.15) is 0 Å². The summed E-state index contributed by atoms with van der Waals surface area (Å²) in [5.74, 6) is 1.86. The Labute approximate surface area is 112 Å². The molecule has 2 aliphatic heterocycles. The maximum atomic E-state index is 11.3. The average molecular weight is 262 g/mol. The average Bonchev–Trinajstić information content (AvgIpc) is 2.95. The van der Waals surface area contributed by atoms with Crippen LogP contribution in [0, 0.1) is 11.8 Å². The van der Waals surface area contributed by atoms with Crippen molar-refractivity contribution < 1.29 is 9.53 Å². The zero-order valence-corrected chi connectivity index (χ0v) is 11.2. The fraction of sp³-hybridized carbons (Fsp3) is 0.615. The van der Waals surface area contributed by atoms with Crippen molar-refractivity contribution in [3.63, 3.8) is 0 Å². The van der Waals surface area contributed by atoms with Gasteiger partial charge in [-0.15, -0.1) is 10.2 Å². The van der Waals surface area contributed by atoms with Gasteiger partial charge in [0.15, 0.2) is 11.5 Å². The van der Waals surface area contributed by atoms with E-state index in [1.807, 2.05) is 6.07 Å². The minimum atomic E-state index is -0.445. The zero-order chi connectivity index (χ0) is 13.4. The minimum absolute atomic E-state index is 0.255. The van der Waals surface area contributed by atoms with Crippen LogP contribution in [0.25, 0.3) is 0 Å². The van der Waals surface area contributed by atoms with Gasteiger partial charge in [-0.3, -0.25) is 0 Å². The molecule has 0 spiro atoms. The zero-order valence-electron chi connectivity index (χ0n) is 11.2. The molecule has 102 valence electrons. The van der Waals surface area contributed by atoms with Crippen molar-refractivity contribution in [1.29, 1.82) is 0 Å². The van der Waals surface area contributed by atoms with Crippen LogP contribution in [-0.2, 0) is 4.74 Å². The lowest BCUT2D eigenvalue weighted by Crippen LogP contribution is -2.27. The standard InChI is InChI=1S/C13H18N4O2/c1-16-5-9-7-17(8-10(9)6-16)12-4-3-11(14-15-12)13(18)19-2/h3-4,9-10H,5-8H2,1-2H3/t9-,10-/m1/s1. The molecule has 0 saturated carbocycles. The molecule has 0 N–H and O–H groups in total. The van der Waals surface area contributed by atoms with Gasteiger partial charge in [0, 0.05) is 26.2 Å². The van der Waals surface area contributed by atoms with Crippen molar-refractivity contribution in [3.05, 3.63) is 17.8 Å². The number of hydrogen-bond donors (Lipinski definition) is 0. The maximum absolute atomic E-state index is 11.3. The third kappa shape index (κ3) is 2.28. The largest absolute Gasteiger partial charge is 0.464 e. The van der Waals surface area contributed by atoms with Crippen LogP contribution in [0.15, 0.2) is 12.1 Å². The predicted molar refractivity (Wildman–Crippen MR) is 70.1 cm³/mol. The molecule has 19 heavy (non-hydrogen) atoms. The highest BCUT2D eigenvalue weighted by atomic mass is 16.5. The second-order valence-corrected chi connectivity index (χ2v) is 5.41. The number of hydrogen-bond acceptors (Lipinski definition) is 6. The predicted octanol–water partition coefficient (Wildman–Crippen LogP) is 0.261. The summed E-state index contributed by atoms with van der Waals surface area (Å²) in [7, 11) is 3.52. The summed E-state index contributed by atoms with van der Waals surface area (Å²) in [4.78, 5) is 15.9. The molecule has 1 aromatic heterocycles. The Kier molecular flexibility index (Phi) is 3.10. The van der Waals surface area contributed by atoms with Gasteiger partial charge < -0.3 is 14.5 Å². The van der Waals surface area contributed by atoms with E-state index >= 15 is 0 Å². The third-order valence-electron chi connectivity index (χ3n) is 4.04. The molecule has 0 radical (unpaired) electrons. The van der Waals surface area contributed by atoms with E-state index in [1.165, 1.54) is 7.11 Å². The second-order valence-electron chi connectivity index (χ2n) is 5.41. The second kappa shape index (κ2) is 4.77. The van der Waals surface area contributed by atoms with Crippen LogP contribution in [0.2, 0.25) is 0 Å². The molecule has 2 fully saturated rings. The van der Waals surface area contributed by atoms with Gasteiger partial charge in [-0.25, -0.2) is 4.79 Å². The van der Waals surface area contributed by atoms with Crippen LogP contribution in [-0.4, -0.2) is 61.4 Å². The molecule has 2 atom stereocenters. The third-order valence-corrected chi connectivity index (χ3v) is 4.04. The summed E-state index contributed by atoms with van der Waals surface area (Å²) in [6.45, 7) is 4.38. The first-order chi connectivity index (χ1) is 9.17. The van der Waals surface area contributed by atoms with Gasteiger partial charge in [-0.2, -0.15) is 0 Å². The molecular weight excluding hydrogens is 244 g/mol. The molecule has 2 saturated heterocycles. The lowest BCUT2D eigenvalue weighted by atomic mass is 10.0. The Morgan fingerprint density at radius 2 is 1.89 bits per heavy atom. The number of methoxy groups -OCH3 is 1. The fourth-order valence-electron chi connectivity index (χ4n) is 3.12. The molecule has 1 aromatic rings. The van der Waals surface area contributed by atoms with E-state index < -0.39 is 5.97 Å². The maximum Gasteiger partial charge on any atom is 0.358 e. The van der Waals surface area contributed by atoms with Crippen LogP contribution in [0.1, 0.15) is 10.5 Å². The number of carbonyl (C=O) groups is 1. The number of likely N-dealkylation sites (tertiary alicyclic amines) is 1. The quantitative estimate of drug-likeness (QED) is 0.713. The molecule has 0 unspecified atom stereocenters. The molecule has 0 aliphatic carbocycles. The van der Waals surface area contributed by atoms with Gasteiger partial charge in [0.25, 0.3) is 0 Å². The molecule has 3 rings (SSSR count). The Morgan fingerprint density at radius 1 is 1.21 bits per heavy atom. The van der Waals surface area contributed by atoms with Crippen molar-refractivity contribution in [2.75, 3.05) is 45.2 Å². The summed E-state index contributed by atoms with van der Waals surface area (Å²) in [5, 5.41) is 8.06. The number of fused-ring (bicyclic) bond motifs is 1. The van der Waals surface area contributed by atoms with Gasteiger partial charge in [0.05, 0.1) is 7.11 Å². The van der Waals surface area contributed by atoms with Crippen molar-refractivity contribution in [2.45, 2.75) is 0 Å². The first kappa shape index (κ1) is 12.3. The van der Waals surface area contributed by atoms with E-state index in [0.717, 1.165) is 43.8 Å². The number of rotatable bonds is 2. The summed E-state index contributed by atoms with van der Waals surface area (Å²) in [5.41, 5.74) is 0.255. The van der Waals surface area contributed by atoms with Crippen molar-refractivity contribution in [2.24, 2.45) is 11.8 Å². The van der Waals surface area contributed by atoms with Gasteiger partial charge in [-0.1, -0.05) is 0 Å². The number of aromatic nitrogens is 2. The molecule has 2 aliphatic rings. The van der Waals surface area contributed by atoms with Crippen molar-refractivity contribution in [1.82, 2.24) is 15.1 Å².